The van der Waals surface area contributed by atoms with Crippen molar-refractivity contribution in [2.75, 3.05) is 5.73 Å². The van der Waals surface area contributed by atoms with Crippen LogP contribution in [0.1, 0.15) is 0 Å². The quantitative estimate of drug-likeness (QED) is 0.718. The van der Waals surface area contributed by atoms with Crippen molar-refractivity contribution in [2.24, 2.45) is 0 Å². The highest BCUT2D eigenvalue weighted by Gasteiger charge is 2.16. The lowest BCUT2D eigenvalue weighted by molar-refractivity contribution is 0.432. The van der Waals surface area contributed by atoms with Crippen LogP contribution in [0, 0.1) is 5.82 Å². The van der Waals surface area contributed by atoms with Crippen LogP contribution in [0.15, 0.2) is 35.0 Å². The molecule has 6 nitrogen and oxygen atoms in total. The van der Waals surface area contributed by atoms with E-state index in [9.17, 15) is 4.39 Å². The molecule has 7 heteroatoms. The molecule has 0 unspecified atom stereocenters. The van der Waals surface area contributed by atoms with Crippen LogP contribution in [-0.4, -0.2) is 20.3 Å². The highest BCUT2D eigenvalue weighted by Crippen LogP contribution is 2.25. The topological polar surface area (TPSA) is 93.6 Å². The molecule has 2 aromatic heterocycles. The lowest BCUT2D eigenvalue weighted by atomic mass is 10.2. The Morgan fingerprint density at radius 3 is 2.78 bits per heavy atom. The molecule has 18 heavy (non-hydrogen) atoms. The van der Waals surface area contributed by atoms with Crippen LogP contribution in [0.4, 0.5) is 10.2 Å². The van der Waals surface area contributed by atoms with Crippen molar-refractivity contribution in [2.45, 2.75) is 0 Å². The first-order valence-electron chi connectivity index (χ1n) is 5.13. The molecule has 0 bridgehead atoms. The van der Waals surface area contributed by atoms with Gasteiger partial charge in [0.15, 0.2) is 0 Å². The minimum Gasteiger partial charge on any atom is -0.383 e. The summed E-state index contributed by atoms with van der Waals surface area (Å²) in [7, 11) is 0. The van der Waals surface area contributed by atoms with E-state index < -0.39 is 5.82 Å². The van der Waals surface area contributed by atoms with E-state index in [1.807, 2.05) is 0 Å². The van der Waals surface area contributed by atoms with Crippen molar-refractivity contribution >= 4 is 5.82 Å². The molecule has 0 aliphatic rings. The van der Waals surface area contributed by atoms with Crippen molar-refractivity contribution in [1.82, 2.24) is 20.3 Å². The Morgan fingerprint density at radius 2 is 2.06 bits per heavy atom. The minimum atomic E-state index is -0.412. The Morgan fingerprint density at radius 1 is 1.22 bits per heavy atom. The molecule has 3 rings (SSSR count). The molecule has 0 radical (unpaired) electrons. The average Bonchev–Trinajstić information content (AvgIpc) is 2.98. The number of benzene rings is 1. The number of nitrogens with two attached hydrogens (primary N) is 1. The lowest BCUT2D eigenvalue weighted by Gasteiger charge is -1.94. The smallest absolute Gasteiger partial charge is 0.263 e. The largest absolute Gasteiger partial charge is 0.383 e. The molecule has 3 N–H and O–H groups in total. The van der Waals surface area contributed by atoms with Crippen molar-refractivity contribution in [3.63, 3.8) is 0 Å². The van der Waals surface area contributed by atoms with E-state index in [0.717, 1.165) is 0 Å². The molecule has 0 atom stereocenters. The van der Waals surface area contributed by atoms with Crippen LogP contribution in [0.2, 0.25) is 0 Å². The van der Waals surface area contributed by atoms with Gasteiger partial charge in [0, 0.05) is 0 Å². The SMILES string of the molecule is Nc1[nH]ncc1-c1nc(-c2ccccc2F)no1. The Kier molecular flexibility index (Phi) is 2.30. The van der Waals surface area contributed by atoms with Crippen molar-refractivity contribution < 1.29 is 8.91 Å². The molecule has 3 aromatic rings. The molecule has 1 aromatic carbocycles. The zero-order chi connectivity index (χ0) is 12.5. The first-order chi connectivity index (χ1) is 8.75. The summed E-state index contributed by atoms with van der Waals surface area (Å²) in [6.45, 7) is 0. The number of anilines is 1. The van der Waals surface area contributed by atoms with Gasteiger partial charge in [0.2, 0.25) is 5.82 Å². The molecule has 0 amide bonds. The Bertz CT molecular complexity index is 690. The summed E-state index contributed by atoms with van der Waals surface area (Å²) in [6.07, 6.45) is 1.47. The van der Waals surface area contributed by atoms with E-state index in [1.165, 1.54) is 12.3 Å². The standard InChI is InChI=1S/C11H8FN5O/c12-8-4-2-1-3-6(8)10-15-11(18-17-10)7-5-14-16-9(7)13/h1-5H,(H3,13,14,16). The Labute approximate surface area is 101 Å². The molecule has 2 heterocycles. The molecule has 0 fully saturated rings. The van der Waals surface area contributed by atoms with Crippen LogP contribution in [0.3, 0.4) is 0 Å². The van der Waals surface area contributed by atoms with Crippen molar-refractivity contribution in [3.05, 3.63) is 36.3 Å². The first kappa shape index (κ1) is 10.5. The van der Waals surface area contributed by atoms with Gasteiger partial charge in [-0.25, -0.2) is 4.39 Å². The highest BCUT2D eigenvalue weighted by molar-refractivity contribution is 5.67. The molecule has 0 saturated carbocycles. The van der Waals surface area contributed by atoms with Gasteiger partial charge >= 0.3 is 0 Å². The van der Waals surface area contributed by atoms with E-state index >= 15 is 0 Å². The second-order valence-electron chi connectivity index (χ2n) is 3.60. The number of hydrogen-bond donors (Lipinski definition) is 2. The second kappa shape index (κ2) is 3.95. The van der Waals surface area contributed by atoms with Crippen LogP contribution in [-0.2, 0) is 0 Å². The van der Waals surface area contributed by atoms with Gasteiger partial charge in [0.1, 0.15) is 17.2 Å². The van der Waals surface area contributed by atoms with E-state index in [4.69, 9.17) is 10.3 Å². The molecule has 0 aliphatic heterocycles. The molecule has 0 saturated heterocycles. The first-order valence-corrected chi connectivity index (χ1v) is 5.13. The maximum Gasteiger partial charge on any atom is 0.263 e. The number of nitrogens with one attached hydrogen (secondary N) is 1. The zero-order valence-corrected chi connectivity index (χ0v) is 9.09. The molecular formula is C11H8FN5O. The highest BCUT2D eigenvalue weighted by atomic mass is 19.1. The molecule has 0 spiro atoms. The van der Waals surface area contributed by atoms with E-state index in [-0.39, 0.29) is 17.3 Å². The van der Waals surface area contributed by atoms with Gasteiger partial charge in [-0.05, 0) is 12.1 Å². The number of nitrogens with zero attached hydrogens (tertiary/aromatic N) is 3. The van der Waals surface area contributed by atoms with Crippen molar-refractivity contribution in [1.29, 1.82) is 0 Å². The maximum atomic E-state index is 13.5. The van der Waals surface area contributed by atoms with Crippen LogP contribution in [0.5, 0.6) is 0 Å². The summed E-state index contributed by atoms with van der Waals surface area (Å²) in [5.74, 6) is 0.270. The summed E-state index contributed by atoms with van der Waals surface area (Å²) in [5.41, 5.74) is 6.39. The van der Waals surface area contributed by atoms with E-state index in [2.05, 4.69) is 20.3 Å². The lowest BCUT2D eigenvalue weighted by Crippen LogP contribution is -1.88. The number of aromatic amines is 1. The fourth-order valence-electron chi connectivity index (χ4n) is 1.55. The van der Waals surface area contributed by atoms with Gasteiger partial charge in [0.25, 0.3) is 5.89 Å². The van der Waals surface area contributed by atoms with Gasteiger partial charge in [-0.15, -0.1) is 0 Å². The number of nitrogen functional groups attached to an aromatic ring is 1. The third kappa shape index (κ3) is 1.61. The normalized spacial score (nSPS) is 10.7. The summed E-state index contributed by atoms with van der Waals surface area (Å²) in [5, 5.41) is 10.0. The molecular weight excluding hydrogens is 237 g/mol. The fourth-order valence-corrected chi connectivity index (χ4v) is 1.55. The Balaban J connectivity index is 2.05. The molecule has 90 valence electrons. The minimum absolute atomic E-state index is 0.170. The predicted molar refractivity (Wildman–Crippen MR) is 61.7 cm³/mol. The predicted octanol–water partition coefficient (Wildman–Crippen LogP) is 1.85. The fraction of sp³-hybridized carbons (Fsp3) is 0. The summed E-state index contributed by atoms with van der Waals surface area (Å²) in [6, 6.07) is 6.19. The molecule has 0 aliphatic carbocycles. The summed E-state index contributed by atoms with van der Waals surface area (Å²) in [4.78, 5) is 4.09. The third-order valence-corrected chi connectivity index (χ3v) is 2.44. The summed E-state index contributed by atoms with van der Waals surface area (Å²) < 4.78 is 18.6. The Hall–Kier alpha value is -2.70. The van der Waals surface area contributed by atoms with Crippen LogP contribution < -0.4 is 5.73 Å². The third-order valence-electron chi connectivity index (χ3n) is 2.44. The second-order valence-corrected chi connectivity index (χ2v) is 3.60. The zero-order valence-electron chi connectivity index (χ0n) is 9.09. The maximum absolute atomic E-state index is 13.5. The summed E-state index contributed by atoms with van der Waals surface area (Å²) >= 11 is 0. The van der Waals surface area contributed by atoms with E-state index in [1.54, 1.807) is 18.2 Å². The number of H-pyrrole nitrogens is 1. The number of rotatable bonds is 2. The monoisotopic (exact) mass is 245 g/mol. The van der Waals surface area contributed by atoms with Gasteiger partial charge in [-0.2, -0.15) is 10.1 Å². The van der Waals surface area contributed by atoms with E-state index in [0.29, 0.717) is 11.4 Å². The number of halogens is 1. The van der Waals surface area contributed by atoms with Gasteiger partial charge in [0.05, 0.1) is 11.8 Å². The van der Waals surface area contributed by atoms with Gasteiger partial charge in [-0.3, -0.25) is 5.10 Å². The number of aromatic nitrogens is 4. The van der Waals surface area contributed by atoms with Crippen LogP contribution >= 0.6 is 0 Å². The number of hydrogen-bond acceptors (Lipinski definition) is 5. The van der Waals surface area contributed by atoms with Crippen LogP contribution in [0.25, 0.3) is 22.8 Å². The van der Waals surface area contributed by atoms with Gasteiger partial charge in [-0.1, -0.05) is 17.3 Å². The average molecular weight is 245 g/mol. The van der Waals surface area contributed by atoms with Gasteiger partial charge < -0.3 is 10.3 Å². The van der Waals surface area contributed by atoms with Crippen molar-refractivity contribution in [3.8, 4) is 22.8 Å².